The second-order valence-electron chi connectivity index (χ2n) is 3.58. The number of hydrogen-bond acceptors (Lipinski definition) is 2. The van der Waals surface area contributed by atoms with Crippen molar-refractivity contribution in [1.29, 1.82) is 0 Å². The first-order valence-corrected chi connectivity index (χ1v) is 4.38. The van der Waals surface area contributed by atoms with Crippen LogP contribution in [0.5, 0.6) is 0 Å². The molecule has 12 heavy (non-hydrogen) atoms. The molecule has 1 N–H and O–H groups in total. The van der Waals surface area contributed by atoms with Gasteiger partial charge in [-0.15, -0.1) is 0 Å². The van der Waals surface area contributed by atoms with Crippen molar-refractivity contribution in [3.63, 3.8) is 0 Å². The minimum Gasteiger partial charge on any atom is -0.393 e. The van der Waals surface area contributed by atoms with Crippen molar-refractivity contribution < 1.29 is 9.90 Å². The summed E-state index contributed by atoms with van der Waals surface area (Å²) < 4.78 is 0. The molecule has 0 fully saturated rings. The fourth-order valence-electron chi connectivity index (χ4n) is 1.05. The first-order chi connectivity index (χ1) is 5.57. The fraction of sp³-hybridized carbons (Fsp3) is 0.700. The van der Waals surface area contributed by atoms with Gasteiger partial charge in [0.05, 0.1) is 6.10 Å². The molecule has 2 atom stereocenters. The normalized spacial score (nSPS) is 16.8. The maximum Gasteiger partial charge on any atom is 0.142 e. The standard InChI is InChI=1S/C10H18O2/c1-8(2)7-10(12)9(3)5-4-6-11/h4-6,8-10,12H,7H2,1-3H3/b5-4+. The van der Waals surface area contributed by atoms with E-state index in [0.717, 1.165) is 12.7 Å². The lowest BCUT2D eigenvalue weighted by Gasteiger charge is -2.16. The van der Waals surface area contributed by atoms with Crippen molar-refractivity contribution in [2.45, 2.75) is 33.3 Å². The Bertz CT molecular complexity index is 150. The average Bonchev–Trinajstić information content (AvgIpc) is 1.98. The topological polar surface area (TPSA) is 37.3 Å². The van der Waals surface area contributed by atoms with E-state index >= 15 is 0 Å². The molecule has 2 unspecified atom stereocenters. The molecular weight excluding hydrogens is 152 g/mol. The minimum atomic E-state index is -0.332. The van der Waals surface area contributed by atoms with Gasteiger partial charge in [-0.1, -0.05) is 26.8 Å². The van der Waals surface area contributed by atoms with E-state index in [0.29, 0.717) is 5.92 Å². The highest BCUT2D eigenvalue weighted by Gasteiger charge is 2.12. The maximum atomic E-state index is 9.99. The Morgan fingerprint density at radius 2 is 1.92 bits per heavy atom. The van der Waals surface area contributed by atoms with Crippen LogP contribution in [0.3, 0.4) is 0 Å². The highest BCUT2D eigenvalue weighted by atomic mass is 16.3. The third-order valence-corrected chi connectivity index (χ3v) is 1.81. The summed E-state index contributed by atoms with van der Waals surface area (Å²) in [7, 11) is 0. The van der Waals surface area contributed by atoms with Crippen LogP contribution in [-0.2, 0) is 4.79 Å². The van der Waals surface area contributed by atoms with Crippen molar-refractivity contribution in [3.8, 4) is 0 Å². The van der Waals surface area contributed by atoms with E-state index in [1.54, 1.807) is 6.08 Å². The van der Waals surface area contributed by atoms with Crippen LogP contribution in [0, 0.1) is 11.8 Å². The lowest BCUT2D eigenvalue weighted by Crippen LogP contribution is -2.17. The lowest BCUT2D eigenvalue weighted by atomic mass is 9.96. The molecule has 2 nitrogen and oxygen atoms in total. The summed E-state index contributed by atoms with van der Waals surface area (Å²) in [4.78, 5) is 9.99. The molecule has 0 rings (SSSR count). The molecule has 0 aromatic heterocycles. The molecule has 0 saturated carbocycles. The average molecular weight is 170 g/mol. The monoisotopic (exact) mass is 170 g/mol. The van der Waals surface area contributed by atoms with Crippen LogP contribution in [0.4, 0.5) is 0 Å². The van der Waals surface area contributed by atoms with Gasteiger partial charge in [-0.3, -0.25) is 4.79 Å². The molecule has 0 aliphatic heterocycles. The van der Waals surface area contributed by atoms with E-state index in [4.69, 9.17) is 0 Å². The SMILES string of the molecule is CC(C)CC(O)C(C)/C=C/C=O. The molecule has 0 aliphatic rings. The van der Waals surface area contributed by atoms with Crippen LogP contribution in [0.25, 0.3) is 0 Å². The first kappa shape index (κ1) is 11.4. The minimum absolute atomic E-state index is 0.0672. The molecule has 0 radical (unpaired) electrons. The summed E-state index contributed by atoms with van der Waals surface area (Å²) in [6.07, 6.45) is 4.36. The predicted molar refractivity (Wildman–Crippen MR) is 49.8 cm³/mol. The number of allylic oxidation sites excluding steroid dienone is 1. The highest BCUT2D eigenvalue weighted by Crippen LogP contribution is 2.13. The summed E-state index contributed by atoms with van der Waals surface area (Å²) in [6, 6.07) is 0. The summed E-state index contributed by atoms with van der Waals surface area (Å²) in [5.41, 5.74) is 0. The number of rotatable bonds is 5. The zero-order valence-corrected chi connectivity index (χ0v) is 8.03. The van der Waals surface area contributed by atoms with Crippen LogP contribution < -0.4 is 0 Å². The van der Waals surface area contributed by atoms with Gasteiger partial charge in [0.1, 0.15) is 6.29 Å². The number of hydrogen-bond donors (Lipinski definition) is 1. The van der Waals surface area contributed by atoms with Crippen molar-refractivity contribution >= 4 is 6.29 Å². The van der Waals surface area contributed by atoms with Gasteiger partial charge < -0.3 is 5.11 Å². The number of aliphatic hydroxyl groups is 1. The molecule has 0 aliphatic carbocycles. The lowest BCUT2D eigenvalue weighted by molar-refractivity contribution is -0.104. The molecule has 0 bridgehead atoms. The van der Waals surface area contributed by atoms with Crippen molar-refractivity contribution in [1.82, 2.24) is 0 Å². The number of carbonyl (C=O) groups is 1. The summed E-state index contributed by atoms with van der Waals surface area (Å²) >= 11 is 0. The molecule has 0 aromatic carbocycles. The number of carbonyl (C=O) groups excluding carboxylic acids is 1. The van der Waals surface area contributed by atoms with Crippen LogP contribution in [-0.4, -0.2) is 17.5 Å². The summed E-state index contributed by atoms with van der Waals surface area (Å²) in [5, 5.41) is 9.55. The van der Waals surface area contributed by atoms with Gasteiger partial charge in [-0.05, 0) is 18.4 Å². The summed E-state index contributed by atoms with van der Waals surface area (Å²) in [6.45, 7) is 6.05. The number of aliphatic hydroxyl groups excluding tert-OH is 1. The van der Waals surface area contributed by atoms with Gasteiger partial charge in [0.25, 0.3) is 0 Å². The summed E-state index contributed by atoms with van der Waals surface area (Å²) in [5.74, 6) is 0.560. The third-order valence-electron chi connectivity index (χ3n) is 1.81. The first-order valence-electron chi connectivity index (χ1n) is 4.38. The molecule has 2 heteroatoms. The zero-order chi connectivity index (χ0) is 9.56. The molecule has 70 valence electrons. The van der Waals surface area contributed by atoms with Gasteiger partial charge in [0.15, 0.2) is 0 Å². The molecule has 0 saturated heterocycles. The second kappa shape index (κ2) is 5.95. The van der Waals surface area contributed by atoms with Crippen LogP contribution in [0.1, 0.15) is 27.2 Å². The Labute approximate surface area is 74.3 Å². The Hall–Kier alpha value is -0.630. The van der Waals surface area contributed by atoms with E-state index in [1.807, 2.05) is 6.92 Å². The van der Waals surface area contributed by atoms with Crippen molar-refractivity contribution in [3.05, 3.63) is 12.2 Å². The Balaban J connectivity index is 3.83. The van der Waals surface area contributed by atoms with Gasteiger partial charge in [0, 0.05) is 5.92 Å². The van der Waals surface area contributed by atoms with Gasteiger partial charge in [-0.2, -0.15) is 0 Å². The zero-order valence-electron chi connectivity index (χ0n) is 8.03. The predicted octanol–water partition coefficient (Wildman–Crippen LogP) is 1.78. The second-order valence-corrected chi connectivity index (χ2v) is 3.58. The Kier molecular flexibility index (Phi) is 5.64. The van der Waals surface area contributed by atoms with Crippen molar-refractivity contribution in [2.24, 2.45) is 11.8 Å². The van der Waals surface area contributed by atoms with E-state index in [2.05, 4.69) is 13.8 Å². The van der Waals surface area contributed by atoms with Gasteiger partial charge in [0.2, 0.25) is 0 Å². The Morgan fingerprint density at radius 3 is 2.33 bits per heavy atom. The molecular formula is C10H18O2. The largest absolute Gasteiger partial charge is 0.393 e. The molecule has 0 amide bonds. The quantitative estimate of drug-likeness (QED) is 0.504. The van der Waals surface area contributed by atoms with E-state index in [1.165, 1.54) is 6.08 Å². The highest BCUT2D eigenvalue weighted by molar-refractivity contribution is 5.64. The van der Waals surface area contributed by atoms with Crippen LogP contribution >= 0.6 is 0 Å². The van der Waals surface area contributed by atoms with E-state index in [9.17, 15) is 9.90 Å². The molecule has 0 aromatic rings. The smallest absolute Gasteiger partial charge is 0.142 e. The van der Waals surface area contributed by atoms with Gasteiger partial charge in [-0.25, -0.2) is 0 Å². The van der Waals surface area contributed by atoms with Gasteiger partial charge >= 0.3 is 0 Å². The van der Waals surface area contributed by atoms with E-state index < -0.39 is 0 Å². The Morgan fingerprint density at radius 1 is 1.33 bits per heavy atom. The number of aldehydes is 1. The molecule has 0 heterocycles. The van der Waals surface area contributed by atoms with Crippen molar-refractivity contribution in [2.75, 3.05) is 0 Å². The molecule has 0 spiro atoms. The van der Waals surface area contributed by atoms with E-state index in [-0.39, 0.29) is 12.0 Å². The fourth-order valence-corrected chi connectivity index (χ4v) is 1.05. The van der Waals surface area contributed by atoms with Crippen LogP contribution in [0.15, 0.2) is 12.2 Å². The third kappa shape index (κ3) is 5.08. The maximum absolute atomic E-state index is 9.99. The van der Waals surface area contributed by atoms with Crippen LogP contribution in [0.2, 0.25) is 0 Å².